The first-order valence-corrected chi connectivity index (χ1v) is 11.2. The third-order valence-electron chi connectivity index (χ3n) is 5.10. The van der Waals surface area contributed by atoms with Crippen molar-refractivity contribution in [2.75, 3.05) is 6.54 Å². The molecular formula is C21H20ClN3O4S. The normalized spacial score (nSPS) is 19.8. The quantitative estimate of drug-likeness (QED) is 0.628. The van der Waals surface area contributed by atoms with E-state index in [2.05, 4.69) is 10.3 Å². The second-order valence-corrected chi connectivity index (χ2v) is 9.45. The number of halogens is 1. The number of β-amino-alcohol motifs (C(OH)–C–C–N with tert-alkyl or cyclic N) is 1. The van der Waals surface area contributed by atoms with Gasteiger partial charge in [0.25, 0.3) is 0 Å². The Bertz CT molecular complexity index is 1180. The molecule has 7 nitrogen and oxygen atoms in total. The lowest BCUT2D eigenvalue weighted by atomic mass is 10.2. The second kappa shape index (κ2) is 8.31. The Morgan fingerprint density at radius 2 is 1.90 bits per heavy atom. The van der Waals surface area contributed by atoms with Crippen molar-refractivity contribution in [3.05, 3.63) is 71.4 Å². The Labute approximate surface area is 179 Å². The summed E-state index contributed by atoms with van der Waals surface area (Å²) in [4.78, 5) is 17.0. The Kier molecular flexibility index (Phi) is 5.75. The van der Waals surface area contributed by atoms with Gasteiger partial charge in [0, 0.05) is 36.1 Å². The molecule has 1 aliphatic rings. The average molecular weight is 446 g/mol. The van der Waals surface area contributed by atoms with Crippen LogP contribution in [0.4, 0.5) is 0 Å². The van der Waals surface area contributed by atoms with E-state index in [-0.39, 0.29) is 24.4 Å². The van der Waals surface area contributed by atoms with Gasteiger partial charge >= 0.3 is 0 Å². The van der Waals surface area contributed by atoms with Crippen LogP contribution in [-0.2, 0) is 21.4 Å². The van der Waals surface area contributed by atoms with E-state index in [1.54, 1.807) is 48.5 Å². The fourth-order valence-corrected chi connectivity index (χ4v) is 5.54. The van der Waals surface area contributed by atoms with E-state index in [9.17, 15) is 18.3 Å². The summed E-state index contributed by atoms with van der Waals surface area (Å²) in [5.41, 5.74) is 1.17. The predicted molar refractivity (Wildman–Crippen MR) is 113 cm³/mol. The van der Waals surface area contributed by atoms with Gasteiger partial charge in [-0.3, -0.25) is 9.78 Å². The Morgan fingerprint density at radius 1 is 1.17 bits per heavy atom. The molecule has 2 aromatic carbocycles. The number of amides is 1. The molecule has 9 heteroatoms. The van der Waals surface area contributed by atoms with Crippen LogP contribution in [0.3, 0.4) is 0 Å². The third kappa shape index (κ3) is 4.04. The van der Waals surface area contributed by atoms with Crippen molar-refractivity contribution in [2.45, 2.75) is 30.0 Å². The number of aromatic nitrogens is 1. The number of sulfonamides is 1. The van der Waals surface area contributed by atoms with Crippen LogP contribution in [0.5, 0.6) is 0 Å². The molecular weight excluding hydrogens is 426 g/mol. The molecule has 1 saturated heterocycles. The molecule has 0 spiro atoms. The zero-order chi connectivity index (χ0) is 21.3. The molecule has 1 amide bonds. The Morgan fingerprint density at radius 3 is 2.67 bits per heavy atom. The van der Waals surface area contributed by atoms with E-state index in [1.807, 2.05) is 0 Å². The van der Waals surface area contributed by atoms with Gasteiger partial charge in [-0.05, 0) is 29.8 Å². The molecule has 0 saturated carbocycles. The fraction of sp³-hybridized carbons (Fsp3) is 0.238. The van der Waals surface area contributed by atoms with Crippen molar-refractivity contribution in [1.29, 1.82) is 0 Å². The Balaban J connectivity index is 1.60. The number of hydrogen-bond donors (Lipinski definition) is 2. The first-order chi connectivity index (χ1) is 14.4. The summed E-state index contributed by atoms with van der Waals surface area (Å²) in [5, 5.41) is 14.2. The van der Waals surface area contributed by atoms with Crippen molar-refractivity contribution < 1.29 is 18.3 Å². The summed E-state index contributed by atoms with van der Waals surface area (Å²) in [6.45, 7) is 0.0803. The molecule has 2 heterocycles. The van der Waals surface area contributed by atoms with Gasteiger partial charge < -0.3 is 10.4 Å². The first kappa shape index (κ1) is 20.7. The van der Waals surface area contributed by atoms with Crippen LogP contribution in [0, 0.1) is 0 Å². The number of nitrogens with zero attached hydrogens (tertiary/aromatic N) is 2. The lowest BCUT2D eigenvalue weighted by Crippen LogP contribution is -2.45. The number of rotatable bonds is 5. The number of fused-ring (bicyclic) bond motifs is 1. The third-order valence-corrected chi connectivity index (χ3v) is 7.26. The number of pyridine rings is 1. The van der Waals surface area contributed by atoms with Gasteiger partial charge in [-0.15, -0.1) is 0 Å². The molecule has 30 heavy (non-hydrogen) atoms. The molecule has 2 atom stereocenters. The highest BCUT2D eigenvalue weighted by Gasteiger charge is 2.44. The van der Waals surface area contributed by atoms with Gasteiger partial charge in [-0.25, -0.2) is 8.42 Å². The zero-order valence-electron chi connectivity index (χ0n) is 15.9. The van der Waals surface area contributed by atoms with Crippen molar-refractivity contribution in [2.24, 2.45) is 0 Å². The highest BCUT2D eigenvalue weighted by Crippen LogP contribution is 2.30. The SMILES string of the molecule is O=C(NCc1ccc(Cl)cc1)[C@@H]1C[C@@H](O)CN1S(=O)(=O)c1cccc2cccnc12. The van der Waals surface area contributed by atoms with Gasteiger partial charge in [0.05, 0.1) is 11.6 Å². The Hall–Kier alpha value is -2.52. The van der Waals surface area contributed by atoms with Gasteiger partial charge in [0.2, 0.25) is 15.9 Å². The summed E-state index contributed by atoms with van der Waals surface area (Å²) < 4.78 is 27.9. The topological polar surface area (TPSA) is 99.6 Å². The van der Waals surface area contributed by atoms with E-state index >= 15 is 0 Å². The minimum Gasteiger partial charge on any atom is -0.392 e. The van der Waals surface area contributed by atoms with Crippen molar-refractivity contribution >= 4 is 38.4 Å². The maximum atomic E-state index is 13.4. The second-order valence-electron chi connectivity index (χ2n) is 7.16. The van der Waals surface area contributed by atoms with Crippen molar-refractivity contribution in [3.8, 4) is 0 Å². The number of nitrogens with one attached hydrogen (secondary N) is 1. The average Bonchev–Trinajstić information content (AvgIpc) is 3.15. The van der Waals surface area contributed by atoms with Crippen LogP contribution in [0.15, 0.2) is 65.7 Å². The van der Waals surface area contributed by atoms with E-state index < -0.39 is 28.1 Å². The number of aliphatic hydroxyl groups is 1. The fourth-order valence-electron chi connectivity index (χ4n) is 3.61. The highest BCUT2D eigenvalue weighted by atomic mass is 35.5. The van der Waals surface area contributed by atoms with Crippen LogP contribution in [0.2, 0.25) is 5.02 Å². The summed E-state index contributed by atoms with van der Waals surface area (Å²) >= 11 is 5.87. The van der Waals surface area contributed by atoms with Crippen LogP contribution >= 0.6 is 11.6 Å². The maximum Gasteiger partial charge on any atom is 0.246 e. The van der Waals surface area contributed by atoms with Crippen LogP contribution in [0.25, 0.3) is 10.9 Å². The summed E-state index contributed by atoms with van der Waals surface area (Å²) in [5.74, 6) is -0.460. The minimum atomic E-state index is -4.05. The highest BCUT2D eigenvalue weighted by molar-refractivity contribution is 7.89. The molecule has 2 N–H and O–H groups in total. The smallest absolute Gasteiger partial charge is 0.246 e. The van der Waals surface area contributed by atoms with Crippen LogP contribution in [0.1, 0.15) is 12.0 Å². The maximum absolute atomic E-state index is 13.4. The molecule has 4 rings (SSSR count). The van der Waals surface area contributed by atoms with Crippen LogP contribution in [-0.4, -0.2) is 47.4 Å². The summed E-state index contributed by atoms with van der Waals surface area (Å²) in [7, 11) is -4.05. The van der Waals surface area contributed by atoms with Crippen molar-refractivity contribution in [1.82, 2.24) is 14.6 Å². The summed E-state index contributed by atoms with van der Waals surface area (Å²) in [6, 6.07) is 14.4. The van der Waals surface area contributed by atoms with E-state index in [4.69, 9.17) is 11.6 Å². The van der Waals surface area contributed by atoms with Gasteiger partial charge in [0.1, 0.15) is 10.9 Å². The molecule has 0 bridgehead atoms. The van der Waals surface area contributed by atoms with E-state index in [1.165, 1.54) is 12.3 Å². The summed E-state index contributed by atoms with van der Waals surface area (Å²) in [6.07, 6.45) is 0.634. The molecule has 3 aromatic rings. The molecule has 0 unspecified atom stereocenters. The lowest BCUT2D eigenvalue weighted by Gasteiger charge is -2.23. The van der Waals surface area contributed by atoms with E-state index in [0.29, 0.717) is 15.9 Å². The number of carbonyl (C=O) groups is 1. The zero-order valence-corrected chi connectivity index (χ0v) is 17.5. The number of para-hydroxylation sites is 1. The molecule has 1 aliphatic heterocycles. The van der Waals surface area contributed by atoms with Gasteiger partial charge in [-0.1, -0.05) is 41.9 Å². The number of benzene rings is 2. The molecule has 1 aromatic heterocycles. The predicted octanol–water partition coefficient (Wildman–Crippen LogP) is 2.33. The molecule has 0 radical (unpaired) electrons. The largest absolute Gasteiger partial charge is 0.392 e. The van der Waals surface area contributed by atoms with E-state index in [0.717, 1.165) is 9.87 Å². The van der Waals surface area contributed by atoms with Crippen LogP contribution < -0.4 is 5.32 Å². The molecule has 0 aliphatic carbocycles. The number of hydrogen-bond acceptors (Lipinski definition) is 5. The van der Waals surface area contributed by atoms with Gasteiger partial charge in [0.15, 0.2) is 0 Å². The number of carbonyl (C=O) groups excluding carboxylic acids is 1. The molecule has 1 fully saturated rings. The lowest BCUT2D eigenvalue weighted by molar-refractivity contribution is -0.124. The first-order valence-electron chi connectivity index (χ1n) is 9.42. The van der Waals surface area contributed by atoms with Gasteiger partial charge in [-0.2, -0.15) is 4.31 Å². The molecule has 156 valence electrons. The monoisotopic (exact) mass is 445 g/mol. The van der Waals surface area contributed by atoms with Crippen molar-refractivity contribution in [3.63, 3.8) is 0 Å². The number of aliphatic hydroxyl groups excluding tert-OH is 1. The standard InChI is InChI=1S/C21H20ClN3O4S/c22-16-8-6-14(7-9-16)12-24-21(27)18-11-17(26)13-25(18)30(28,29)19-5-1-3-15-4-2-10-23-20(15)19/h1-10,17-18,26H,11-13H2,(H,24,27)/t17-,18+/m1/s1. The minimum absolute atomic E-state index is 0.0187.